The van der Waals surface area contributed by atoms with E-state index in [2.05, 4.69) is 5.32 Å². The number of hydrogen-bond acceptors (Lipinski definition) is 7. The minimum absolute atomic E-state index is 0.296. The van der Waals surface area contributed by atoms with Crippen molar-refractivity contribution in [3.63, 3.8) is 0 Å². The van der Waals surface area contributed by atoms with E-state index < -0.39 is 12.1 Å². The van der Waals surface area contributed by atoms with Crippen molar-refractivity contribution in [3.8, 4) is 0 Å². The van der Waals surface area contributed by atoms with Gasteiger partial charge in [-0.05, 0) is 31.0 Å². The third-order valence-electron chi connectivity index (χ3n) is 4.00. The number of carbonyl (C=O) groups is 3. The molecule has 0 spiro atoms. The van der Waals surface area contributed by atoms with Crippen molar-refractivity contribution in [2.24, 2.45) is 0 Å². The number of methoxy groups -OCH3 is 1. The van der Waals surface area contributed by atoms with Crippen LogP contribution in [0.3, 0.4) is 0 Å². The number of rotatable bonds is 4. The van der Waals surface area contributed by atoms with Crippen LogP contribution in [-0.2, 0) is 22.4 Å². The summed E-state index contributed by atoms with van der Waals surface area (Å²) in [6, 6.07) is 3.26. The fourth-order valence-electron chi connectivity index (χ4n) is 2.78. The molecule has 3 heterocycles. The van der Waals surface area contributed by atoms with Crippen molar-refractivity contribution in [2.45, 2.75) is 19.9 Å². The molecular weight excluding hydrogens is 412 g/mol. The number of thiophene rings is 2. The summed E-state index contributed by atoms with van der Waals surface area (Å²) in [5.74, 6) is -0.866. The quantitative estimate of drug-likeness (QED) is 0.743. The number of anilines is 1. The number of ether oxygens (including phenoxy) is 2. The number of hydrogen-bond donors (Lipinski definition) is 1. The molecule has 0 unspecified atom stereocenters. The highest BCUT2D eigenvalue weighted by molar-refractivity contribution is 7.18. The Morgan fingerprint density at radius 3 is 2.70 bits per heavy atom. The molecule has 1 N–H and O–H groups in total. The maximum Gasteiger partial charge on any atom is 0.410 e. The predicted molar refractivity (Wildman–Crippen MR) is 104 cm³/mol. The molecule has 144 valence electrons. The zero-order chi connectivity index (χ0) is 19.6. The van der Waals surface area contributed by atoms with E-state index in [1.54, 1.807) is 24.0 Å². The lowest BCUT2D eigenvalue weighted by Crippen LogP contribution is -2.36. The molecule has 0 bridgehead atoms. The monoisotopic (exact) mass is 428 g/mol. The van der Waals surface area contributed by atoms with Gasteiger partial charge in [-0.15, -0.1) is 22.7 Å². The molecule has 0 aromatic carbocycles. The van der Waals surface area contributed by atoms with Crippen molar-refractivity contribution in [2.75, 3.05) is 25.6 Å². The fraction of sp³-hybridized carbons (Fsp3) is 0.353. The van der Waals surface area contributed by atoms with Gasteiger partial charge in [0.2, 0.25) is 0 Å². The van der Waals surface area contributed by atoms with Crippen molar-refractivity contribution in [1.29, 1.82) is 0 Å². The SMILES string of the molecule is CCOC(=O)N1CCc2c(sc(NC(=O)c3ccc(Cl)s3)c2C(=O)OC)C1. The van der Waals surface area contributed by atoms with E-state index in [-0.39, 0.29) is 5.91 Å². The second kappa shape index (κ2) is 8.28. The second-order valence-electron chi connectivity index (χ2n) is 5.63. The normalized spacial score (nSPS) is 13.1. The molecule has 0 aliphatic carbocycles. The Balaban J connectivity index is 1.89. The van der Waals surface area contributed by atoms with Gasteiger partial charge >= 0.3 is 12.1 Å². The molecule has 0 fully saturated rings. The molecule has 0 radical (unpaired) electrons. The molecule has 0 saturated carbocycles. The lowest BCUT2D eigenvalue weighted by molar-refractivity contribution is 0.0600. The third-order valence-corrected chi connectivity index (χ3v) is 6.36. The van der Waals surface area contributed by atoms with E-state index in [1.807, 2.05) is 0 Å². The van der Waals surface area contributed by atoms with Crippen LogP contribution in [0.1, 0.15) is 37.4 Å². The zero-order valence-electron chi connectivity index (χ0n) is 14.7. The lowest BCUT2D eigenvalue weighted by atomic mass is 10.0. The summed E-state index contributed by atoms with van der Waals surface area (Å²) in [4.78, 5) is 39.6. The maximum atomic E-state index is 12.5. The van der Waals surface area contributed by atoms with Crippen LogP contribution in [0, 0.1) is 0 Å². The number of fused-ring (bicyclic) bond motifs is 1. The van der Waals surface area contributed by atoms with Crippen molar-refractivity contribution < 1.29 is 23.9 Å². The predicted octanol–water partition coefficient (Wildman–Crippen LogP) is 4.02. The average Bonchev–Trinajstić information content (AvgIpc) is 3.23. The minimum atomic E-state index is -0.517. The van der Waals surface area contributed by atoms with Gasteiger partial charge < -0.3 is 19.7 Å². The van der Waals surface area contributed by atoms with Crippen molar-refractivity contribution in [3.05, 3.63) is 37.4 Å². The van der Waals surface area contributed by atoms with E-state index in [1.165, 1.54) is 18.4 Å². The summed E-state index contributed by atoms with van der Waals surface area (Å²) in [6.45, 7) is 2.80. The van der Waals surface area contributed by atoms with Gasteiger partial charge in [0.1, 0.15) is 5.00 Å². The average molecular weight is 429 g/mol. The maximum absolute atomic E-state index is 12.5. The van der Waals surface area contributed by atoms with E-state index >= 15 is 0 Å². The molecule has 0 saturated heterocycles. The van der Waals surface area contributed by atoms with Gasteiger partial charge in [0, 0.05) is 11.4 Å². The Kier molecular flexibility index (Phi) is 6.03. The van der Waals surface area contributed by atoms with Crippen LogP contribution in [0.25, 0.3) is 0 Å². The number of nitrogens with zero attached hydrogens (tertiary/aromatic N) is 1. The first-order valence-electron chi connectivity index (χ1n) is 8.15. The van der Waals surface area contributed by atoms with Gasteiger partial charge in [0.05, 0.1) is 35.0 Å². The summed E-state index contributed by atoms with van der Waals surface area (Å²) < 4.78 is 10.4. The van der Waals surface area contributed by atoms with Crippen LogP contribution in [0.5, 0.6) is 0 Å². The van der Waals surface area contributed by atoms with Crippen molar-refractivity contribution >= 4 is 57.2 Å². The third kappa shape index (κ3) is 4.10. The van der Waals surface area contributed by atoms with Crippen LogP contribution < -0.4 is 5.32 Å². The number of nitrogens with one attached hydrogen (secondary N) is 1. The van der Waals surface area contributed by atoms with Gasteiger partial charge in [-0.25, -0.2) is 9.59 Å². The molecule has 10 heteroatoms. The highest BCUT2D eigenvalue weighted by Gasteiger charge is 2.31. The largest absolute Gasteiger partial charge is 0.465 e. The molecule has 7 nitrogen and oxygen atoms in total. The van der Waals surface area contributed by atoms with E-state index in [0.29, 0.717) is 45.9 Å². The fourth-order valence-corrected chi connectivity index (χ4v) is 4.97. The summed E-state index contributed by atoms with van der Waals surface area (Å²) >= 11 is 8.30. The number of halogens is 1. The summed E-state index contributed by atoms with van der Waals surface area (Å²) in [5.41, 5.74) is 1.14. The molecule has 0 atom stereocenters. The van der Waals surface area contributed by atoms with Crippen LogP contribution in [-0.4, -0.2) is 43.1 Å². The Bertz CT molecular complexity index is 892. The molecule has 1 aliphatic rings. The molecule has 2 aromatic heterocycles. The molecule has 1 aliphatic heterocycles. The summed E-state index contributed by atoms with van der Waals surface area (Å²) in [6.07, 6.45) is 0.0884. The first-order chi connectivity index (χ1) is 12.9. The molecular formula is C17H17ClN2O5S2. The Morgan fingerprint density at radius 1 is 1.30 bits per heavy atom. The van der Waals surface area contributed by atoms with Crippen LogP contribution in [0.2, 0.25) is 4.34 Å². The Labute approximate surface area is 168 Å². The first-order valence-corrected chi connectivity index (χ1v) is 10.2. The van der Waals surface area contributed by atoms with Gasteiger partial charge in [0.25, 0.3) is 5.91 Å². The molecule has 27 heavy (non-hydrogen) atoms. The number of amides is 2. The molecule has 3 rings (SSSR count). The standard InChI is InChI=1S/C17H17ClN2O5S2/c1-3-25-17(23)20-7-6-9-11(8-20)27-15(13(9)16(22)24-2)19-14(21)10-4-5-12(18)26-10/h4-5H,3,6-8H2,1-2H3,(H,19,21). The van der Waals surface area contributed by atoms with E-state index in [0.717, 1.165) is 21.8 Å². The van der Waals surface area contributed by atoms with Crippen LogP contribution in [0.4, 0.5) is 9.80 Å². The Hall–Kier alpha value is -2.10. The number of carbonyl (C=O) groups excluding carboxylic acids is 3. The second-order valence-corrected chi connectivity index (χ2v) is 8.45. The summed E-state index contributed by atoms with van der Waals surface area (Å²) in [7, 11) is 1.30. The van der Waals surface area contributed by atoms with Gasteiger partial charge in [-0.1, -0.05) is 11.6 Å². The highest BCUT2D eigenvalue weighted by atomic mass is 35.5. The molecule has 2 aromatic rings. The van der Waals surface area contributed by atoms with Gasteiger partial charge in [0.15, 0.2) is 0 Å². The smallest absolute Gasteiger partial charge is 0.410 e. The lowest BCUT2D eigenvalue weighted by Gasteiger charge is -2.26. The number of esters is 1. The zero-order valence-corrected chi connectivity index (χ0v) is 17.1. The van der Waals surface area contributed by atoms with Gasteiger partial charge in [-0.3, -0.25) is 4.79 Å². The van der Waals surface area contributed by atoms with E-state index in [4.69, 9.17) is 21.1 Å². The van der Waals surface area contributed by atoms with Gasteiger partial charge in [-0.2, -0.15) is 0 Å². The minimum Gasteiger partial charge on any atom is -0.465 e. The molecule has 2 amide bonds. The first kappa shape index (κ1) is 19.7. The van der Waals surface area contributed by atoms with E-state index in [9.17, 15) is 14.4 Å². The van der Waals surface area contributed by atoms with Crippen LogP contribution >= 0.6 is 34.3 Å². The highest BCUT2D eigenvalue weighted by Crippen LogP contribution is 2.38. The Morgan fingerprint density at radius 2 is 2.07 bits per heavy atom. The topological polar surface area (TPSA) is 84.9 Å². The summed E-state index contributed by atoms with van der Waals surface area (Å²) in [5, 5.41) is 3.19. The van der Waals surface area contributed by atoms with Crippen molar-refractivity contribution in [1.82, 2.24) is 4.90 Å². The van der Waals surface area contributed by atoms with Crippen LogP contribution in [0.15, 0.2) is 12.1 Å².